The normalized spacial score (nSPS) is 22.2. The van der Waals surface area contributed by atoms with Crippen molar-refractivity contribution in [1.82, 2.24) is 24.6 Å². The van der Waals surface area contributed by atoms with E-state index in [2.05, 4.69) is 36.3 Å². The number of hydrogen-bond donors (Lipinski definition) is 1. The van der Waals surface area contributed by atoms with Gasteiger partial charge in [0.05, 0.1) is 31.2 Å². The summed E-state index contributed by atoms with van der Waals surface area (Å²) in [5.74, 6) is 2.49. The van der Waals surface area contributed by atoms with Crippen LogP contribution in [0.3, 0.4) is 0 Å². The topological polar surface area (TPSA) is 89.7 Å². The van der Waals surface area contributed by atoms with E-state index < -0.39 is 0 Å². The summed E-state index contributed by atoms with van der Waals surface area (Å²) in [4.78, 5) is 15.3. The van der Waals surface area contributed by atoms with Crippen LogP contribution in [0.5, 0.6) is 5.75 Å². The van der Waals surface area contributed by atoms with Crippen LogP contribution in [0.4, 0.5) is 11.5 Å². The maximum atomic E-state index is 6.44. The van der Waals surface area contributed by atoms with Crippen LogP contribution >= 0.6 is 0 Å². The summed E-state index contributed by atoms with van der Waals surface area (Å²) in [7, 11) is 0. The number of hydrogen-bond acceptors (Lipinski definition) is 8. The number of aromatic nitrogens is 5. The first kappa shape index (κ1) is 19.0. The van der Waals surface area contributed by atoms with Gasteiger partial charge in [-0.25, -0.2) is 19.5 Å². The standard InChI is InChI=1S/C21H27N7O2/c1-15-22-7-6-20(25-15)26-16-2-4-18(5-3-16)30-19-12-17(27-8-10-29-11-9-27)13-28-21(19)23-14-24-28/h6-7,12-14,16,18H,2-5,8-11H2,1H3,(H,22,25,26). The van der Waals surface area contributed by atoms with E-state index in [1.54, 1.807) is 12.5 Å². The molecule has 0 amide bonds. The van der Waals surface area contributed by atoms with Gasteiger partial charge < -0.3 is 19.7 Å². The van der Waals surface area contributed by atoms with Crippen molar-refractivity contribution in [2.45, 2.75) is 44.8 Å². The Bertz CT molecular complexity index is 994. The number of anilines is 2. The molecule has 0 unspecified atom stereocenters. The van der Waals surface area contributed by atoms with E-state index in [4.69, 9.17) is 9.47 Å². The SMILES string of the molecule is Cc1nccc(NC2CCC(Oc3cc(N4CCOCC4)cn4ncnc34)CC2)n1. The molecule has 1 aliphatic heterocycles. The van der Waals surface area contributed by atoms with Gasteiger partial charge in [-0.15, -0.1) is 0 Å². The Morgan fingerprint density at radius 2 is 1.97 bits per heavy atom. The zero-order valence-corrected chi connectivity index (χ0v) is 17.2. The third-order valence-corrected chi connectivity index (χ3v) is 5.80. The molecule has 1 saturated carbocycles. The minimum Gasteiger partial charge on any atom is -0.486 e. The van der Waals surface area contributed by atoms with Crippen molar-refractivity contribution in [2.24, 2.45) is 0 Å². The van der Waals surface area contributed by atoms with E-state index in [0.717, 1.165) is 80.7 Å². The Balaban J connectivity index is 1.25. The molecule has 5 rings (SSSR count). The van der Waals surface area contributed by atoms with Crippen LogP contribution in [0.15, 0.2) is 30.9 Å². The van der Waals surface area contributed by atoms with Crippen molar-refractivity contribution in [3.8, 4) is 5.75 Å². The summed E-state index contributed by atoms with van der Waals surface area (Å²) in [5, 5.41) is 7.87. The average Bonchev–Trinajstić information content (AvgIpc) is 3.25. The van der Waals surface area contributed by atoms with Gasteiger partial charge in [-0.05, 0) is 38.7 Å². The quantitative estimate of drug-likeness (QED) is 0.687. The predicted molar refractivity (Wildman–Crippen MR) is 113 cm³/mol. The number of ether oxygens (including phenoxy) is 2. The van der Waals surface area contributed by atoms with Gasteiger partial charge in [-0.3, -0.25) is 0 Å². The van der Waals surface area contributed by atoms with Gasteiger partial charge in [-0.2, -0.15) is 5.10 Å². The van der Waals surface area contributed by atoms with Crippen LogP contribution in [0, 0.1) is 6.92 Å². The number of aryl methyl sites for hydroxylation is 1. The highest BCUT2D eigenvalue weighted by atomic mass is 16.5. The highest BCUT2D eigenvalue weighted by Gasteiger charge is 2.24. The van der Waals surface area contributed by atoms with E-state index >= 15 is 0 Å². The Kier molecular flexibility index (Phi) is 5.35. The lowest BCUT2D eigenvalue weighted by atomic mass is 9.93. The number of fused-ring (bicyclic) bond motifs is 1. The molecule has 0 radical (unpaired) electrons. The number of pyridine rings is 1. The minimum atomic E-state index is 0.177. The van der Waals surface area contributed by atoms with Crippen molar-refractivity contribution in [1.29, 1.82) is 0 Å². The molecule has 1 N–H and O–H groups in total. The van der Waals surface area contributed by atoms with Crippen LogP contribution in [0.25, 0.3) is 5.65 Å². The van der Waals surface area contributed by atoms with Crippen LogP contribution in [0.1, 0.15) is 31.5 Å². The molecule has 0 aromatic carbocycles. The van der Waals surface area contributed by atoms with Gasteiger partial charge >= 0.3 is 0 Å². The molecule has 1 aliphatic carbocycles. The molecule has 0 bridgehead atoms. The van der Waals surface area contributed by atoms with E-state index in [1.165, 1.54) is 0 Å². The molecule has 9 heteroatoms. The van der Waals surface area contributed by atoms with E-state index in [-0.39, 0.29) is 6.10 Å². The summed E-state index contributed by atoms with van der Waals surface area (Å²) in [5.41, 5.74) is 1.87. The van der Waals surface area contributed by atoms with Gasteiger partial charge in [0.1, 0.15) is 18.0 Å². The number of rotatable bonds is 5. The summed E-state index contributed by atoms with van der Waals surface area (Å²) >= 11 is 0. The lowest BCUT2D eigenvalue weighted by molar-refractivity contribution is 0.122. The molecule has 30 heavy (non-hydrogen) atoms. The fourth-order valence-corrected chi connectivity index (χ4v) is 4.21. The van der Waals surface area contributed by atoms with Gasteiger partial charge in [0.25, 0.3) is 0 Å². The Labute approximate surface area is 175 Å². The molecule has 1 saturated heterocycles. The Hall–Kier alpha value is -2.94. The molecule has 3 aromatic rings. The summed E-state index contributed by atoms with van der Waals surface area (Å²) in [6.45, 7) is 5.15. The number of nitrogens with one attached hydrogen (secondary N) is 1. The van der Waals surface area contributed by atoms with Crippen LogP contribution in [0.2, 0.25) is 0 Å². The van der Waals surface area contributed by atoms with Crippen molar-refractivity contribution >= 4 is 17.2 Å². The van der Waals surface area contributed by atoms with Gasteiger partial charge in [0.2, 0.25) is 0 Å². The van der Waals surface area contributed by atoms with Crippen LogP contribution < -0.4 is 15.0 Å². The first-order valence-corrected chi connectivity index (χ1v) is 10.6. The molecular formula is C21H27N7O2. The molecule has 2 fully saturated rings. The second kappa shape index (κ2) is 8.43. The first-order valence-electron chi connectivity index (χ1n) is 10.6. The zero-order valence-electron chi connectivity index (χ0n) is 17.2. The van der Waals surface area contributed by atoms with Gasteiger partial charge in [0.15, 0.2) is 11.4 Å². The van der Waals surface area contributed by atoms with Gasteiger partial charge in [-0.1, -0.05) is 0 Å². The van der Waals surface area contributed by atoms with Crippen molar-refractivity contribution in [2.75, 3.05) is 36.5 Å². The first-order chi connectivity index (χ1) is 14.7. The second-order valence-corrected chi connectivity index (χ2v) is 7.92. The second-order valence-electron chi connectivity index (χ2n) is 7.92. The Morgan fingerprint density at radius 1 is 1.13 bits per heavy atom. The van der Waals surface area contributed by atoms with Crippen molar-refractivity contribution in [3.63, 3.8) is 0 Å². The third kappa shape index (κ3) is 4.16. The number of morpholine rings is 1. The van der Waals surface area contributed by atoms with Crippen LogP contribution in [-0.4, -0.2) is 63.0 Å². The lowest BCUT2D eigenvalue weighted by Crippen LogP contribution is -2.36. The van der Waals surface area contributed by atoms with E-state index in [9.17, 15) is 0 Å². The average molecular weight is 409 g/mol. The highest BCUT2D eigenvalue weighted by molar-refractivity contribution is 5.61. The van der Waals surface area contributed by atoms with E-state index in [1.807, 2.05) is 23.7 Å². The molecule has 0 atom stereocenters. The predicted octanol–water partition coefficient (Wildman–Crippen LogP) is 2.47. The largest absolute Gasteiger partial charge is 0.486 e. The minimum absolute atomic E-state index is 0.177. The van der Waals surface area contributed by atoms with Crippen molar-refractivity contribution < 1.29 is 9.47 Å². The molecule has 158 valence electrons. The maximum absolute atomic E-state index is 6.44. The molecule has 0 spiro atoms. The monoisotopic (exact) mass is 409 g/mol. The highest BCUT2D eigenvalue weighted by Crippen LogP contribution is 2.30. The summed E-state index contributed by atoms with van der Waals surface area (Å²) in [6, 6.07) is 4.44. The van der Waals surface area contributed by atoms with Crippen LogP contribution in [-0.2, 0) is 4.74 Å². The Morgan fingerprint density at radius 3 is 2.77 bits per heavy atom. The maximum Gasteiger partial charge on any atom is 0.197 e. The van der Waals surface area contributed by atoms with E-state index in [0.29, 0.717) is 6.04 Å². The fourth-order valence-electron chi connectivity index (χ4n) is 4.21. The molecule has 4 heterocycles. The number of nitrogens with zero attached hydrogens (tertiary/aromatic N) is 6. The molecule has 9 nitrogen and oxygen atoms in total. The van der Waals surface area contributed by atoms with Gasteiger partial charge in [0, 0.05) is 31.4 Å². The van der Waals surface area contributed by atoms with Crippen molar-refractivity contribution in [3.05, 3.63) is 36.7 Å². The summed E-state index contributed by atoms with van der Waals surface area (Å²) < 4.78 is 13.7. The summed E-state index contributed by atoms with van der Waals surface area (Å²) in [6.07, 6.45) is 9.63. The molecule has 3 aromatic heterocycles. The lowest BCUT2D eigenvalue weighted by Gasteiger charge is -2.31. The zero-order chi connectivity index (χ0) is 20.3. The third-order valence-electron chi connectivity index (χ3n) is 5.80. The fraction of sp³-hybridized carbons (Fsp3) is 0.524. The molecule has 2 aliphatic rings. The molecular weight excluding hydrogens is 382 g/mol. The smallest absolute Gasteiger partial charge is 0.197 e.